The molecule has 3 unspecified atom stereocenters. The Morgan fingerprint density at radius 3 is 1.93 bits per heavy atom. The zero-order valence-electron chi connectivity index (χ0n) is 24.0. The van der Waals surface area contributed by atoms with Gasteiger partial charge in [0.2, 0.25) is 0 Å². The Morgan fingerprint density at radius 2 is 1.40 bits per heavy atom. The molecule has 0 aromatic heterocycles. The molecular weight excluding hydrogens is 676 g/mol. The average Bonchev–Trinajstić information content (AvgIpc) is 3.02. The van der Waals surface area contributed by atoms with Gasteiger partial charge in [0, 0.05) is 32.4 Å². The fraction of sp³-hybridized carbons (Fsp3) is 0.206. The van der Waals surface area contributed by atoms with E-state index in [1.807, 2.05) is 84.9 Å². The first kappa shape index (κ1) is 30.5. The summed E-state index contributed by atoms with van der Waals surface area (Å²) < 4.78 is 18.5. The molecule has 0 bridgehead atoms. The minimum absolute atomic E-state index is 0.225. The molecule has 0 aliphatic carbocycles. The molecule has 1 aliphatic heterocycles. The summed E-state index contributed by atoms with van der Waals surface area (Å²) in [5, 5.41) is 13.5. The number of anilines is 2. The van der Waals surface area contributed by atoms with E-state index in [1.54, 1.807) is 21.1 Å². The third-order valence-corrected chi connectivity index (χ3v) is 8.78. The van der Waals surface area contributed by atoms with E-state index in [4.69, 9.17) is 14.2 Å². The van der Waals surface area contributed by atoms with Crippen molar-refractivity contribution in [2.24, 2.45) is 0 Å². The van der Waals surface area contributed by atoms with Gasteiger partial charge in [-0.2, -0.15) is 0 Å². The van der Waals surface area contributed by atoms with Gasteiger partial charge in [-0.1, -0.05) is 56.1 Å². The molecule has 0 amide bonds. The van der Waals surface area contributed by atoms with Crippen LogP contribution in [0.3, 0.4) is 0 Å². The number of nitrogens with zero attached hydrogens (tertiary/aromatic N) is 1. The van der Waals surface area contributed by atoms with Crippen molar-refractivity contribution < 1.29 is 24.1 Å². The summed E-state index contributed by atoms with van der Waals surface area (Å²) in [5.74, 6) is 1.45. The second-order valence-electron chi connectivity index (χ2n) is 10.2. The summed E-state index contributed by atoms with van der Waals surface area (Å²) in [6.07, 6.45) is 0.534. The average molecular weight is 708 g/mol. The predicted molar refractivity (Wildman–Crippen MR) is 176 cm³/mol. The molecule has 1 aliphatic rings. The molecule has 43 heavy (non-hydrogen) atoms. The SMILES string of the molecule is COc1ccc(C2CC(Nc3ccc(Br)cc3)=CC(c3ccc(OC)cc3)(C(C)OC(=O)O)N2c2ccc(Br)cc2)cc1. The van der Waals surface area contributed by atoms with Crippen molar-refractivity contribution in [3.05, 3.63) is 129 Å². The second-order valence-corrected chi connectivity index (χ2v) is 12.1. The number of carboxylic acid groups (broad SMARTS) is 1. The van der Waals surface area contributed by atoms with Crippen LogP contribution in [0.4, 0.5) is 16.2 Å². The van der Waals surface area contributed by atoms with Gasteiger partial charge in [0.15, 0.2) is 0 Å². The van der Waals surface area contributed by atoms with E-state index < -0.39 is 17.8 Å². The van der Waals surface area contributed by atoms with Crippen LogP contribution in [0.25, 0.3) is 0 Å². The number of ether oxygens (including phenoxy) is 3. The maximum atomic E-state index is 12.1. The van der Waals surface area contributed by atoms with Crippen LogP contribution < -0.4 is 19.7 Å². The standard InChI is InChI=1S/C34H32Br2N2O5/c1-22(43-33(39)40)34(24-6-18-31(42-3)19-7-24)21-28(37-27-12-8-25(35)9-13-27)20-32(23-4-16-30(41-2)17-5-23)38(34)29-14-10-26(36)11-15-29/h4-19,21-22,32,37H,20H2,1-3H3,(H,39,40). The molecule has 2 N–H and O–H groups in total. The summed E-state index contributed by atoms with van der Waals surface area (Å²) in [6, 6.07) is 31.5. The van der Waals surface area contributed by atoms with Crippen molar-refractivity contribution in [1.82, 2.24) is 0 Å². The highest BCUT2D eigenvalue weighted by molar-refractivity contribution is 9.10. The Bertz CT molecular complexity index is 1580. The molecule has 222 valence electrons. The Kier molecular flexibility index (Phi) is 9.32. The molecule has 4 aromatic rings. The van der Waals surface area contributed by atoms with Gasteiger partial charge in [-0.25, -0.2) is 4.79 Å². The maximum Gasteiger partial charge on any atom is 0.506 e. The molecule has 0 fully saturated rings. The summed E-state index contributed by atoms with van der Waals surface area (Å²) in [5.41, 5.74) is 3.55. The predicted octanol–water partition coefficient (Wildman–Crippen LogP) is 9.15. The lowest BCUT2D eigenvalue weighted by molar-refractivity contribution is 0.0278. The summed E-state index contributed by atoms with van der Waals surface area (Å²) in [6.45, 7) is 1.80. The topological polar surface area (TPSA) is 80.3 Å². The van der Waals surface area contributed by atoms with E-state index >= 15 is 0 Å². The third-order valence-electron chi connectivity index (χ3n) is 7.72. The lowest BCUT2D eigenvalue weighted by Crippen LogP contribution is -2.57. The molecule has 5 rings (SSSR count). The first-order valence-electron chi connectivity index (χ1n) is 13.7. The van der Waals surface area contributed by atoms with Gasteiger partial charge >= 0.3 is 6.16 Å². The molecule has 7 nitrogen and oxygen atoms in total. The smallest absolute Gasteiger partial charge is 0.497 e. The largest absolute Gasteiger partial charge is 0.506 e. The van der Waals surface area contributed by atoms with Gasteiger partial charge < -0.3 is 29.5 Å². The monoisotopic (exact) mass is 706 g/mol. The number of benzene rings is 4. The van der Waals surface area contributed by atoms with Crippen LogP contribution in [0.15, 0.2) is 118 Å². The van der Waals surface area contributed by atoms with E-state index in [9.17, 15) is 9.90 Å². The summed E-state index contributed by atoms with van der Waals surface area (Å²) >= 11 is 7.09. The number of halogens is 2. The first-order chi connectivity index (χ1) is 20.7. The van der Waals surface area contributed by atoms with Crippen molar-refractivity contribution in [2.45, 2.75) is 31.0 Å². The highest BCUT2D eigenvalue weighted by Gasteiger charge is 2.50. The van der Waals surface area contributed by atoms with Crippen LogP contribution in [-0.2, 0) is 10.3 Å². The maximum absolute atomic E-state index is 12.1. The van der Waals surface area contributed by atoms with E-state index in [1.165, 1.54) is 0 Å². The van der Waals surface area contributed by atoms with Gasteiger partial charge in [-0.05, 0) is 96.9 Å². The molecule has 0 radical (unpaired) electrons. The van der Waals surface area contributed by atoms with Gasteiger partial charge in [-0.3, -0.25) is 0 Å². The molecular formula is C34H32Br2N2O5. The zero-order chi connectivity index (χ0) is 30.6. The highest BCUT2D eigenvalue weighted by atomic mass is 79.9. The molecule has 0 saturated carbocycles. The van der Waals surface area contributed by atoms with E-state index in [2.05, 4.69) is 60.3 Å². The molecule has 4 aromatic carbocycles. The van der Waals surface area contributed by atoms with Crippen LogP contribution in [-0.4, -0.2) is 31.6 Å². The number of carbonyl (C=O) groups is 1. The van der Waals surface area contributed by atoms with Crippen LogP contribution in [0.2, 0.25) is 0 Å². The number of hydrogen-bond donors (Lipinski definition) is 2. The second kappa shape index (κ2) is 13.1. The van der Waals surface area contributed by atoms with Crippen molar-refractivity contribution >= 4 is 49.4 Å². The Morgan fingerprint density at radius 1 is 0.860 bits per heavy atom. The molecule has 0 saturated heterocycles. The highest BCUT2D eigenvalue weighted by Crippen LogP contribution is 2.50. The third kappa shape index (κ3) is 6.53. The van der Waals surface area contributed by atoms with Crippen molar-refractivity contribution in [3.63, 3.8) is 0 Å². The van der Waals surface area contributed by atoms with Gasteiger partial charge in [0.1, 0.15) is 23.1 Å². The summed E-state index contributed by atoms with van der Waals surface area (Å²) in [4.78, 5) is 14.4. The molecule has 3 atom stereocenters. The van der Waals surface area contributed by atoms with Gasteiger partial charge in [-0.15, -0.1) is 0 Å². The van der Waals surface area contributed by atoms with E-state index in [0.29, 0.717) is 12.2 Å². The van der Waals surface area contributed by atoms with Crippen molar-refractivity contribution in [2.75, 3.05) is 24.4 Å². The Hall–Kier alpha value is -3.95. The van der Waals surface area contributed by atoms with Crippen LogP contribution >= 0.6 is 31.9 Å². The van der Waals surface area contributed by atoms with Crippen LogP contribution in [0.5, 0.6) is 11.5 Å². The Labute approximate surface area is 268 Å². The number of methoxy groups -OCH3 is 2. The van der Waals surface area contributed by atoms with E-state index in [0.717, 1.165) is 42.9 Å². The molecule has 0 spiro atoms. The lowest BCUT2D eigenvalue weighted by atomic mass is 9.76. The van der Waals surface area contributed by atoms with Crippen LogP contribution in [0.1, 0.15) is 30.5 Å². The normalized spacial score (nSPS) is 18.8. The number of rotatable bonds is 9. The van der Waals surface area contributed by atoms with Gasteiger partial charge in [0.25, 0.3) is 0 Å². The number of hydrogen-bond acceptors (Lipinski definition) is 6. The number of nitrogens with one attached hydrogen (secondary N) is 1. The molecule has 1 heterocycles. The van der Waals surface area contributed by atoms with Crippen molar-refractivity contribution in [1.29, 1.82) is 0 Å². The fourth-order valence-corrected chi connectivity index (χ4v) is 6.24. The quantitative estimate of drug-likeness (QED) is 0.168. The summed E-state index contributed by atoms with van der Waals surface area (Å²) in [7, 11) is 3.27. The minimum atomic E-state index is -1.35. The minimum Gasteiger partial charge on any atom is -0.497 e. The van der Waals surface area contributed by atoms with Crippen LogP contribution in [0, 0.1) is 0 Å². The zero-order valence-corrected chi connectivity index (χ0v) is 27.1. The first-order valence-corrected chi connectivity index (χ1v) is 15.3. The Balaban J connectivity index is 1.80. The van der Waals surface area contributed by atoms with Crippen molar-refractivity contribution in [3.8, 4) is 11.5 Å². The fourth-order valence-electron chi connectivity index (χ4n) is 5.71. The lowest BCUT2D eigenvalue weighted by Gasteiger charge is -2.53. The van der Waals surface area contributed by atoms with E-state index in [-0.39, 0.29) is 6.04 Å². The van der Waals surface area contributed by atoms with Gasteiger partial charge in [0.05, 0.1) is 20.3 Å². The molecule has 9 heteroatoms.